The van der Waals surface area contributed by atoms with Crippen molar-refractivity contribution in [2.45, 2.75) is 13.5 Å². The maximum atomic E-state index is 12.2. The molecule has 3 rings (SSSR count). The first-order valence-electron chi connectivity index (χ1n) is 9.21. The van der Waals surface area contributed by atoms with Gasteiger partial charge in [0.25, 0.3) is 5.91 Å². The minimum absolute atomic E-state index is 0.0580. The molecule has 3 aromatic carbocycles. The number of phenolic OH excluding ortho intramolecular Hbond substituents is 1. The number of ether oxygens (including phenoxy) is 2. The monoisotopic (exact) mass is 390 g/mol. The van der Waals surface area contributed by atoms with Crippen molar-refractivity contribution in [1.82, 2.24) is 5.43 Å². The van der Waals surface area contributed by atoms with Gasteiger partial charge in [-0.15, -0.1) is 0 Å². The Morgan fingerprint density at radius 3 is 2.52 bits per heavy atom. The van der Waals surface area contributed by atoms with Gasteiger partial charge < -0.3 is 14.6 Å². The van der Waals surface area contributed by atoms with E-state index in [1.165, 1.54) is 12.3 Å². The van der Waals surface area contributed by atoms with E-state index in [0.717, 1.165) is 5.56 Å². The van der Waals surface area contributed by atoms with Gasteiger partial charge in [0.2, 0.25) is 0 Å². The standard InChI is InChI=1S/C23H22N2O4/c1-2-28-22-14-18(8-13-21(22)26)15-24-25-23(27)19-9-11-20(12-10-19)29-16-17-6-4-3-5-7-17/h3-15,26H,2,16H2,1H3,(H,25,27). The topological polar surface area (TPSA) is 80.2 Å². The summed E-state index contributed by atoms with van der Waals surface area (Å²) in [6, 6.07) is 21.5. The highest BCUT2D eigenvalue weighted by atomic mass is 16.5. The first-order chi connectivity index (χ1) is 14.2. The van der Waals surface area contributed by atoms with Gasteiger partial charge in [-0.2, -0.15) is 5.10 Å². The molecule has 0 unspecified atom stereocenters. The van der Waals surface area contributed by atoms with E-state index >= 15 is 0 Å². The van der Waals surface area contributed by atoms with Crippen molar-refractivity contribution in [3.05, 3.63) is 89.5 Å². The molecule has 0 aliphatic rings. The van der Waals surface area contributed by atoms with E-state index in [4.69, 9.17) is 9.47 Å². The number of phenols is 1. The van der Waals surface area contributed by atoms with Gasteiger partial charge >= 0.3 is 0 Å². The second kappa shape index (κ2) is 9.94. The van der Waals surface area contributed by atoms with Crippen LogP contribution >= 0.6 is 0 Å². The fourth-order valence-corrected chi connectivity index (χ4v) is 2.56. The Bertz CT molecular complexity index is 970. The second-order valence-corrected chi connectivity index (χ2v) is 6.16. The van der Waals surface area contributed by atoms with E-state index in [-0.39, 0.29) is 11.7 Å². The van der Waals surface area contributed by atoms with Crippen LogP contribution in [-0.4, -0.2) is 23.8 Å². The summed E-state index contributed by atoms with van der Waals surface area (Å²) in [7, 11) is 0. The molecule has 0 aliphatic carbocycles. The van der Waals surface area contributed by atoms with Crippen LogP contribution in [0.3, 0.4) is 0 Å². The smallest absolute Gasteiger partial charge is 0.271 e. The Balaban J connectivity index is 1.54. The molecule has 0 aliphatic heterocycles. The number of carbonyl (C=O) groups excluding carboxylic acids is 1. The van der Waals surface area contributed by atoms with Crippen molar-refractivity contribution in [3.63, 3.8) is 0 Å². The van der Waals surface area contributed by atoms with Crippen LogP contribution in [0.15, 0.2) is 77.9 Å². The van der Waals surface area contributed by atoms with Gasteiger partial charge in [-0.1, -0.05) is 30.3 Å². The van der Waals surface area contributed by atoms with Crippen molar-refractivity contribution in [2.75, 3.05) is 6.61 Å². The summed E-state index contributed by atoms with van der Waals surface area (Å²) in [6.45, 7) is 2.74. The summed E-state index contributed by atoms with van der Waals surface area (Å²) in [5.74, 6) is 0.776. The lowest BCUT2D eigenvalue weighted by molar-refractivity contribution is 0.0955. The first kappa shape index (κ1) is 19.9. The molecule has 0 bridgehead atoms. The minimum atomic E-state index is -0.334. The highest BCUT2D eigenvalue weighted by Crippen LogP contribution is 2.26. The molecule has 6 nitrogen and oxygen atoms in total. The molecule has 0 saturated heterocycles. The second-order valence-electron chi connectivity index (χ2n) is 6.16. The molecule has 148 valence electrons. The fraction of sp³-hybridized carbons (Fsp3) is 0.130. The lowest BCUT2D eigenvalue weighted by Gasteiger charge is -2.07. The largest absolute Gasteiger partial charge is 0.504 e. The normalized spacial score (nSPS) is 10.7. The molecule has 0 heterocycles. The Kier molecular flexibility index (Phi) is 6.84. The van der Waals surface area contributed by atoms with E-state index in [9.17, 15) is 9.90 Å². The molecule has 0 saturated carbocycles. The molecule has 3 aromatic rings. The quantitative estimate of drug-likeness (QED) is 0.448. The number of rotatable bonds is 8. The summed E-state index contributed by atoms with van der Waals surface area (Å²) < 4.78 is 11.0. The summed E-state index contributed by atoms with van der Waals surface area (Å²) in [4.78, 5) is 12.2. The van der Waals surface area contributed by atoms with Gasteiger partial charge in [0.05, 0.1) is 12.8 Å². The third-order valence-corrected chi connectivity index (χ3v) is 4.03. The highest BCUT2D eigenvalue weighted by molar-refractivity contribution is 5.95. The Morgan fingerprint density at radius 2 is 1.79 bits per heavy atom. The number of benzene rings is 3. The lowest BCUT2D eigenvalue weighted by Crippen LogP contribution is -2.17. The van der Waals surface area contributed by atoms with Crippen LogP contribution < -0.4 is 14.9 Å². The van der Waals surface area contributed by atoms with Crippen molar-refractivity contribution in [2.24, 2.45) is 5.10 Å². The predicted octanol–water partition coefficient (Wildman–Crippen LogP) is 4.13. The van der Waals surface area contributed by atoms with Crippen LogP contribution in [0.4, 0.5) is 0 Å². The molecule has 0 atom stereocenters. The van der Waals surface area contributed by atoms with Crippen LogP contribution in [0.25, 0.3) is 0 Å². The number of amides is 1. The van der Waals surface area contributed by atoms with Gasteiger partial charge in [0.15, 0.2) is 11.5 Å². The number of nitrogens with zero attached hydrogens (tertiary/aromatic N) is 1. The summed E-state index contributed by atoms with van der Waals surface area (Å²) >= 11 is 0. The van der Waals surface area contributed by atoms with Gasteiger partial charge in [0, 0.05) is 5.56 Å². The van der Waals surface area contributed by atoms with Crippen LogP contribution in [0.2, 0.25) is 0 Å². The van der Waals surface area contributed by atoms with Crippen molar-refractivity contribution >= 4 is 12.1 Å². The number of carbonyl (C=O) groups is 1. The maximum absolute atomic E-state index is 12.2. The molecule has 1 amide bonds. The predicted molar refractivity (Wildman–Crippen MR) is 112 cm³/mol. The Morgan fingerprint density at radius 1 is 1.03 bits per heavy atom. The molecular formula is C23H22N2O4. The number of hydrogen-bond donors (Lipinski definition) is 2. The first-order valence-corrected chi connectivity index (χ1v) is 9.21. The third kappa shape index (κ3) is 5.84. The van der Waals surface area contributed by atoms with Crippen molar-refractivity contribution in [1.29, 1.82) is 0 Å². The van der Waals surface area contributed by atoms with E-state index in [2.05, 4.69) is 10.5 Å². The SMILES string of the molecule is CCOc1cc(C=NNC(=O)c2ccc(OCc3ccccc3)cc2)ccc1O. The molecule has 0 spiro atoms. The molecule has 0 fully saturated rings. The average Bonchev–Trinajstić information content (AvgIpc) is 2.75. The Labute approximate surface area is 169 Å². The molecule has 0 radical (unpaired) electrons. The number of nitrogens with one attached hydrogen (secondary N) is 1. The van der Waals surface area contributed by atoms with Crippen molar-refractivity contribution in [3.8, 4) is 17.2 Å². The number of hydrogen-bond acceptors (Lipinski definition) is 5. The van der Waals surface area contributed by atoms with Crippen LogP contribution in [0, 0.1) is 0 Å². The van der Waals surface area contributed by atoms with E-state index in [1.807, 2.05) is 37.3 Å². The molecule has 2 N–H and O–H groups in total. The molecular weight excluding hydrogens is 368 g/mol. The van der Waals surface area contributed by atoms with E-state index in [1.54, 1.807) is 36.4 Å². The van der Waals surface area contributed by atoms with Gasteiger partial charge in [-0.3, -0.25) is 4.79 Å². The number of hydrazone groups is 1. The van der Waals surface area contributed by atoms with Crippen LogP contribution in [0.1, 0.15) is 28.4 Å². The maximum Gasteiger partial charge on any atom is 0.271 e. The zero-order valence-corrected chi connectivity index (χ0v) is 16.0. The lowest BCUT2D eigenvalue weighted by atomic mass is 10.2. The average molecular weight is 390 g/mol. The van der Waals surface area contributed by atoms with E-state index < -0.39 is 0 Å². The van der Waals surface area contributed by atoms with Gasteiger partial charge in [-0.25, -0.2) is 5.43 Å². The molecule has 0 aromatic heterocycles. The van der Waals surface area contributed by atoms with E-state index in [0.29, 0.717) is 35.8 Å². The molecule has 6 heteroatoms. The molecule has 29 heavy (non-hydrogen) atoms. The summed E-state index contributed by atoms with van der Waals surface area (Å²) in [5.41, 5.74) is 4.71. The zero-order valence-electron chi connectivity index (χ0n) is 16.0. The van der Waals surface area contributed by atoms with Crippen molar-refractivity contribution < 1.29 is 19.4 Å². The zero-order chi connectivity index (χ0) is 20.5. The fourth-order valence-electron chi connectivity index (χ4n) is 2.56. The third-order valence-electron chi connectivity index (χ3n) is 4.03. The van der Waals surface area contributed by atoms with Crippen LogP contribution in [0.5, 0.6) is 17.2 Å². The van der Waals surface area contributed by atoms with Gasteiger partial charge in [0.1, 0.15) is 12.4 Å². The van der Waals surface area contributed by atoms with Gasteiger partial charge in [-0.05, 0) is 60.5 Å². The van der Waals surface area contributed by atoms with Crippen LogP contribution in [-0.2, 0) is 6.61 Å². The Hall–Kier alpha value is -3.80. The number of aromatic hydroxyl groups is 1. The summed E-state index contributed by atoms with van der Waals surface area (Å²) in [5, 5.41) is 13.7. The summed E-state index contributed by atoms with van der Waals surface area (Å²) in [6.07, 6.45) is 1.48. The minimum Gasteiger partial charge on any atom is -0.504 e. The highest BCUT2D eigenvalue weighted by Gasteiger charge is 2.05.